The molecular weight excluding hydrogens is 308 g/mol. The minimum atomic E-state index is -0.0153. The first-order valence-electron chi connectivity index (χ1n) is 6.35. The van der Waals surface area contributed by atoms with Gasteiger partial charge in [0.1, 0.15) is 5.82 Å². The summed E-state index contributed by atoms with van der Waals surface area (Å²) in [5.74, 6) is 0.905. The summed E-state index contributed by atoms with van der Waals surface area (Å²) >= 11 is 3.47. The molecule has 2 heterocycles. The van der Waals surface area contributed by atoms with E-state index in [-0.39, 0.29) is 5.69 Å². The van der Waals surface area contributed by atoms with Gasteiger partial charge in [0.2, 0.25) is 0 Å². The molecule has 0 saturated carbocycles. The molecule has 3 rings (SSSR count). The van der Waals surface area contributed by atoms with Crippen molar-refractivity contribution in [1.29, 1.82) is 0 Å². The van der Waals surface area contributed by atoms with Gasteiger partial charge in [-0.2, -0.15) is 5.10 Å². The highest BCUT2D eigenvalue weighted by Gasteiger charge is 2.17. The summed E-state index contributed by atoms with van der Waals surface area (Å²) in [7, 11) is 0. The van der Waals surface area contributed by atoms with E-state index in [1.807, 2.05) is 18.2 Å². The van der Waals surface area contributed by atoms with Crippen LogP contribution in [0.25, 0.3) is 0 Å². The molecule has 0 spiro atoms. The Labute approximate surface area is 119 Å². The molecular formula is C13H15BrN4O. The zero-order chi connectivity index (χ0) is 13.4. The van der Waals surface area contributed by atoms with Crippen LogP contribution < -0.4 is 11.4 Å². The second-order valence-electron chi connectivity index (χ2n) is 4.82. The molecule has 0 bridgehead atoms. The maximum atomic E-state index is 12.2. The quantitative estimate of drug-likeness (QED) is 0.857. The van der Waals surface area contributed by atoms with Gasteiger partial charge in [0.05, 0.1) is 6.54 Å². The molecule has 1 aromatic heterocycles. The summed E-state index contributed by atoms with van der Waals surface area (Å²) in [4.78, 5) is 12.2. The molecule has 6 heteroatoms. The van der Waals surface area contributed by atoms with Gasteiger partial charge in [0.25, 0.3) is 0 Å². The first-order valence-corrected chi connectivity index (χ1v) is 7.15. The fraction of sp³-hybridized carbons (Fsp3) is 0.385. The van der Waals surface area contributed by atoms with Gasteiger partial charge >= 0.3 is 5.69 Å². The van der Waals surface area contributed by atoms with E-state index in [4.69, 9.17) is 5.73 Å². The molecule has 5 nitrogen and oxygen atoms in total. The third-order valence-electron chi connectivity index (χ3n) is 3.43. The van der Waals surface area contributed by atoms with E-state index in [0.29, 0.717) is 12.2 Å². The second-order valence-corrected chi connectivity index (χ2v) is 5.67. The van der Waals surface area contributed by atoms with Crippen molar-refractivity contribution in [3.63, 3.8) is 0 Å². The molecule has 1 aliphatic heterocycles. The molecule has 1 aliphatic rings. The number of nitrogens with two attached hydrogens (primary N) is 1. The third kappa shape index (κ3) is 2.32. The fourth-order valence-electron chi connectivity index (χ4n) is 2.40. The lowest BCUT2D eigenvalue weighted by Gasteiger charge is -2.09. The fourth-order valence-corrected chi connectivity index (χ4v) is 2.93. The zero-order valence-corrected chi connectivity index (χ0v) is 12.1. The molecule has 0 aliphatic carbocycles. The lowest BCUT2D eigenvalue weighted by atomic mass is 10.2. The number of anilines is 1. The van der Waals surface area contributed by atoms with Gasteiger partial charge in [-0.25, -0.2) is 9.48 Å². The third-order valence-corrected chi connectivity index (χ3v) is 4.17. The Morgan fingerprint density at radius 2 is 2.21 bits per heavy atom. The molecule has 2 N–H and O–H groups in total. The van der Waals surface area contributed by atoms with E-state index in [9.17, 15) is 4.79 Å². The van der Waals surface area contributed by atoms with Crippen LogP contribution in [0.5, 0.6) is 0 Å². The van der Waals surface area contributed by atoms with Gasteiger partial charge in [-0.3, -0.25) is 4.57 Å². The van der Waals surface area contributed by atoms with E-state index in [1.165, 1.54) is 4.68 Å². The Morgan fingerprint density at radius 1 is 1.37 bits per heavy atom. The van der Waals surface area contributed by atoms with Crippen LogP contribution in [-0.4, -0.2) is 14.3 Å². The number of hydrogen-bond donors (Lipinski definition) is 1. The van der Waals surface area contributed by atoms with Crippen LogP contribution in [0, 0.1) is 0 Å². The molecule has 1 aromatic carbocycles. The van der Waals surface area contributed by atoms with Crippen molar-refractivity contribution in [2.24, 2.45) is 0 Å². The maximum absolute atomic E-state index is 12.2. The van der Waals surface area contributed by atoms with E-state index in [1.54, 1.807) is 4.57 Å². The first-order chi connectivity index (χ1) is 9.15. The predicted octanol–water partition coefficient (Wildman–Crippen LogP) is 1.77. The number of aryl methyl sites for hydroxylation is 1. The number of nitrogens with zero attached hydrogens (tertiary/aromatic N) is 3. The highest BCUT2D eigenvalue weighted by molar-refractivity contribution is 9.10. The second kappa shape index (κ2) is 4.85. The Kier molecular flexibility index (Phi) is 3.18. The van der Waals surface area contributed by atoms with Crippen molar-refractivity contribution in [2.45, 2.75) is 32.4 Å². The lowest BCUT2D eigenvalue weighted by Crippen LogP contribution is -2.27. The predicted molar refractivity (Wildman–Crippen MR) is 77.1 cm³/mol. The van der Waals surface area contributed by atoms with Crippen molar-refractivity contribution < 1.29 is 0 Å². The van der Waals surface area contributed by atoms with Crippen LogP contribution in [0.3, 0.4) is 0 Å². The SMILES string of the molecule is Nc1ccc(Cn2nc3n(c2=O)CCCC3)c(Br)c1. The molecule has 0 atom stereocenters. The summed E-state index contributed by atoms with van der Waals surface area (Å²) < 4.78 is 4.23. The largest absolute Gasteiger partial charge is 0.399 e. The number of fused-ring (bicyclic) bond motifs is 1. The Morgan fingerprint density at radius 3 is 2.95 bits per heavy atom. The smallest absolute Gasteiger partial charge is 0.346 e. The molecule has 0 saturated heterocycles. The first kappa shape index (κ1) is 12.5. The van der Waals surface area contributed by atoms with Crippen molar-refractivity contribution in [2.75, 3.05) is 5.73 Å². The van der Waals surface area contributed by atoms with Crippen LogP contribution in [0.4, 0.5) is 5.69 Å². The average Bonchev–Trinajstić information content (AvgIpc) is 2.70. The standard InChI is InChI=1S/C13H15BrN4O/c14-11-7-10(15)5-4-9(11)8-18-13(19)17-6-2-1-3-12(17)16-18/h4-5,7H,1-3,6,8,15H2. The van der Waals surface area contributed by atoms with Crippen LogP contribution in [-0.2, 0) is 19.5 Å². The van der Waals surface area contributed by atoms with Crippen LogP contribution in [0.1, 0.15) is 24.2 Å². The minimum Gasteiger partial charge on any atom is -0.399 e. The number of nitrogen functional groups attached to an aromatic ring is 1. The van der Waals surface area contributed by atoms with Gasteiger partial charge in [-0.15, -0.1) is 0 Å². The molecule has 2 aromatic rings. The topological polar surface area (TPSA) is 65.8 Å². The van der Waals surface area contributed by atoms with Crippen molar-refractivity contribution in [3.8, 4) is 0 Å². The normalized spacial score (nSPS) is 14.4. The molecule has 100 valence electrons. The molecule has 0 unspecified atom stereocenters. The summed E-state index contributed by atoms with van der Waals surface area (Å²) in [5.41, 5.74) is 7.40. The van der Waals surface area contributed by atoms with Gasteiger partial charge in [0, 0.05) is 23.1 Å². The highest BCUT2D eigenvalue weighted by Crippen LogP contribution is 2.20. The minimum absolute atomic E-state index is 0.0153. The Bertz CT molecular complexity index is 674. The summed E-state index contributed by atoms with van der Waals surface area (Å²) in [6, 6.07) is 5.60. The number of halogens is 1. The number of hydrogen-bond acceptors (Lipinski definition) is 3. The van der Waals surface area contributed by atoms with Crippen LogP contribution >= 0.6 is 15.9 Å². The summed E-state index contributed by atoms with van der Waals surface area (Å²) in [5, 5.41) is 4.42. The van der Waals surface area contributed by atoms with E-state index >= 15 is 0 Å². The van der Waals surface area contributed by atoms with Crippen molar-refractivity contribution >= 4 is 21.6 Å². The van der Waals surface area contributed by atoms with Gasteiger partial charge in [-0.1, -0.05) is 22.0 Å². The Hall–Kier alpha value is -1.56. The zero-order valence-electron chi connectivity index (χ0n) is 10.5. The number of rotatable bonds is 2. The Balaban J connectivity index is 1.95. The number of aromatic nitrogens is 3. The van der Waals surface area contributed by atoms with Crippen LogP contribution in [0.2, 0.25) is 0 Å². The molecule has 0 amide bonds. The van der Waals surface area contributed by atoms with Gasteiger partial charge in [0.15, 0.2) is 0 Å². The lowest BCUT2D eigenvalue weighted by molar-refractivity contribution is 0.511. The molecule has 0 radical (unpaired) electrons. The van der Waals surface area contributed by atoms with E-state index in [2.05, 4.69) is 21.0 Å². The van der Waals surface area contributed by atoms with Crippen molar-refractivity contribution in [3.05, 3.63) is 44.5 Å². The number of benzene rings is 1. The van der Waals surface area contributed by atoms with Gasteiger partial charge < -0.3 is 5.73 Å². The van der Waals surface area contributed by atoms with Crippen molar-refractivity contribution in [1.82, 2.24) is 14.3 Å². The van der Waals surface area contributed by atoms with E-state index in [0.717, 1.165) is 41.7 Å². The highest BCUT2D eigenvalue weighted by atomic mass is 79.9. The maximum Gasteiger partial charge on any atom is 0.346 e. The summed E-state index contributed by atoms with van der Waals surface area (Å²) in [6.07, 6.45) is 3.07. The van der Waals surface area contributed by atoms with E-state index < -0.39 is 0 Å². The average molecular weight is 323 g/mol. The summed E-state index contributed by atoms with van der Waals surface area (Å²) in [6.45, 7) is 1.26. The monoisotopic (exact) mass is 322 g/mol. The molecule has 19 heavy (non-hydrogen) atoms. The molecule has 0 fully saturated rings. The van der Waals surface area contributed by atoms with Crippen LogP contribution in [0.15, 0.2) is 27.5 Å². The van der Waals surface area contributed by atoms with Gasteiger partial charge in [-0.05, 0) is 30.5 Å².